The molecule has 0 spiro atoms. The van der Waals surface area contributed by atoms with Crippen LogP contribution < -0.4 is 10.6 Å². The topological polar surface area (TPSA) is 44.4 Å². The Kier molecular flexibility index (Phi) is 4.03. The summed E-state index contributed by atoms with van der Waals surface area (Å²) in [5.74, 6) is 0.887. The van der Waals surface area contributed by atoms with Crippen molar-refractivity contribution in [3.8, 4) is 0 Å². The minimum atomic E-state index is -0.0433. The van der Waals surface area contributed by atoms with Gasteiger partial charge in [0, 0.05) is 19.6 Å². The fourth-order valence-corrected chi connectivity index (χ4v) is 3.34. The van der Waals surface area contributed by atoms with E-state index in [1.54, 1.807) is 0 Å². The Hall–Kier alpha value is -1.39. The summed E-state index contributed by atoms with van der Waals surface area (Å²) >= 11 is 0. The first kappa shape index (κ1) is 13.6. The number of hydrogen-bond donors (Lipinski definition) is 2. The number of carbonyl (C=O) groups excluding carboxylic acids is 1. The Balaban J connectivity index is 1.62. The van der Waals surface area contributed by atoms with Crippen molar-refractivity contribution >= 4 is 5.91 Å². The highest BCUT2D eigenvalue weighted by molar-refractivity contribution is 5.82. The normalized spacial score (nSPS) is 25.6. The number of benzene rings is 1. The van der Waals surface area contributed by atoms with E-state index in [4.69, 9.17) is 0 Å². The standard InChI is InChI=1S/C16H23N3O/c1-17-9-12-6-7-19(11-12)16(20)15-8-13-4-2-3-5-14(13)10-18-15/h2-5,12,15,17-18H,6-11H2,1H3/t12-,15+/m0/s1. The van der Waals surface area contributed by atoms with Crippen LogP contribution in [-0.4, -0.2) is 43.5 Å². The average Bonchev–Trinajstić information content (AvgIpc) is 2.95. The number of likely N-dealkylation sites (tertiary alicyclic amines) is 1. The molecular formula is C16H23N3O. The molecule has 1 saturated heterocycles. The van der Waals surface area contributed by atoms with Crippen molar-refractivity contribution in [3.05, 3.63) is 35.4 Å². The molecule has 1 amide bonds. The number of nitrogens with zero attached hydrogens (tertiary/aromatic N) is 1. The molecule has 4 heteroatoms. The summed E-state index contributed by atoms with van der Waals surface area (Å²) in [7, 11) is 1.98. The molecule has 20 heavy (non-hydrogen) atoms. The number of amides is 1. The lowest BCUT2D eigenvalue weighted by Crippen LogP contribution is -2.48. The summed E-state index contributed by atoms with van der Waals surface area (Å²) in [5.41, 5.74) is 2.64. The molecule has 0 aliphatic carbocycles. The fraction of sp³-hybridized carbons (Fsp3) is 0.562. The van der Waals surface area contributed by atoms with Crippen molar-refractivity contribution in [1.29, 1.82) is 0 Å². The second-order valence-corrected chi connectivity index (χ2v) is 5.90. The number of rotatable bonds is 3. The molecule has 2 aliphatic heterocycles. The first-order valence-corrected chi connectivity index (χ1v) is 7.51. The van der Waals surface area contributed by atoms with Crippen LogP contribution in [0.1, 0.15) is 17.5 Å². The molecule has 0 aromatic heterocycles. The Morgan fingerprint density at radius 1 is 1.40 bits per heavy atom. The van der Waals surface area contributed by atoms with Gasteiger partial charge in [0.25, 0.3) is 0 Å². The van der Waals surface area contributed by atoms with Gasteiger partial charge in [-0.15, -0.1) is 0 Å². The number of fused-ring (bicyclic) bond motifs is 1. The van der Waals surface area contributed by atoms with Crippen LogP contribution in [0.2, 0.25) is 0 Å². The van der Waals surface area contributed by atoms with E-state index < -0.39 is 0 Å². The maximum atomic E-state index is 12.6. The second-order valence-electron chi connectivity index (χ2n) is 5.90. The van der Waals surface area contributed by atoms with E-state index in [1.165, 1.54) is 11.1 Å². The zero-order valence-electron chi connectivity index (χ0n) is 12.1. The van der Waals surface area contributed by atoms with E-state index in [1.807, 2.05) is 11.9 Å². The SMILES string of the molecule is CNC[C@@H]1CCN(C(=O)[C@H]2Cc3ccccc3CN2)C1. The van der Waals surface area contributed by atoms with Gasteiger partial charge in [0.2, 0.25) is 5.91 Å². The zero-order valence-corrected chi connectivity index (χ0v) is 12.1. The highest BCUT2D eigenvalue weighted by Crippen LogP contribution is 2.21. The van der Waals surface area contributed by atoms with Crippen molar-refractivity contribution in [2.24, 2.45) is 5.92 Å². The van der Waals surface area contributed by atoms with E-state index in [0.717, 1.165) is 39.0 Å². The van der Waals surface area contributed by atoms with Gasteiger partial charge < -0.3 is 15.5 Å². The number of nitrogens with one attached hydrogen (secondary N) is 2. The third-order valence-corrected chi connectivity index (χ3v) is 4.47. The van der Waals surface area contributed by atoms with E-state index in [2.05, 4.69) is 34.9 Å². The molecule has 0 bridgehead atoms. The lowest BCUT2D eigenvalue weighted by Gasteiger charge is -2.29. The summed E-state index contributed by atoms with van der Waals surface area (Å²) in [6.45, 7) is 3.62. The molecular weight excluding hydrogens is 250 g/mol. The molecule has 0 unspecified atom stereocenters. The van der Waals surface area contributed by atoms with E-state index >= 15 is 0 Å². The van der Waals surface area contributed by atoms with Crippen LogP contribution in [0.15, 0.2) is 24.3 Å². The van der Waals surface area contributed by atoms with Gasteiger partial charge in [-0.2, -0.15) is 0 Å². The predicted molar refractivity (Wildman–Crippen MR) is 79.4 cm³/mol. The number of hydrogen-bond acceptors (Lipinski definition) is 3. The summed E-state index contributed by atoms with van der Waals surface area (Å²) in [6.07, 6.45) is 1.94. The molecule has 1 fully saturated rings. The van der Waals surface area contributed by atoms with Crippen LogP contribution in [0.25, 0.3) is 0 Å². The average molecular weight is 273 g/mol. The highest BCUT2D eigenvalue weighted by Gasteiger charge is 2.32. The molecule has 2 N–H and O–H groups in total. The third-order valence-electron chi connectivity index (χ3n) is 4.47. The molecule has 108 valence electrons. The van der Waals surface area contributed by atoms with Gasteiger partial charge in [-0.05, 0) is 43.5 Å². The minimum Gasteiger partial charge on any atom is -0.341 e. The Morgan fingerprint density at radius 2 is 2.20 bits per heavy atom. The molecule has 2 heterocycles. The second kappa shape index (κ2) is 5.94. The minimum absolute atomic E-state index is 0.0433. The molecule has 4 nitrogen and oxygen atoms in total. The first-order valence-electron chi connectivity index (χ1n) is 7.51. The quantitative estimate of drug-likeness (QED) is 0.855. The lowest BCUT2D eigenvalue weighted by molar-refractivity contribution is -0.132. The van der Waals surface area contributed by atoms with Crippen LogP contribution >= 0.6 is 0 Å². The largest absolute Gasteiger partial charge is 0.341 e. The fourth-order valence-electron chi connectivity index (χ4n) is 3.34. The van der Waals surface area contributed by atoms with Gasteiger partial charge in [-0.1, -0.05) is 24.3 Å². The van der Waals surface area contributed by atoms with Crippen molar-refractivity contribution in [2.45, 2.75) is 25.4 Å². The Bertz CT molecular complexity index is 488. The molecule has 2 atom stereocenters. The van der Waals surface area contributed by atoms with E-state index in [9.17, 15) is 4.79 Å². The monoisotopic (exact) mass is 273 g/mol. The van der Waals surface area contributed by atoms with Gasteiger partial charge in [-0.25, -0.2) is 0 Å². The van der Waals surface area contributed by atoms with E-state index in [0.29, 0.717) is 5.92 Å². The molecule has 3 rings (SSSR count). The lowest BCUT2D eigenvalue weighted by atomic mass is 9.95. The molecule has 2 aliphatic rings. The molecule has 1 aromatic carbocycles. The Labute approximate surface area is 120 Å². The summed E-state index contributed by atoms with van der Waals surface area (Å²) in [6, 6.07) is 8.36. The van der Waals surface area contributed by atoms with E-state index in [-0.39, 0.29) is 11.9 Å². The van der Waals surface area contributed by atoms with Gasteiger partial charge in [-0.3, -0.25) is 4.79 Å². The van der Waals surface area contributed by atoms with Crippen molar-refractivity contribution in [1.82, 2.24) is 15.5 Å². The smallest absolute Gasteiger partial charge is 0.240 e. The molecule has 0 saturated carbocycles. The van der Waals surface area contributed by atoms with Crippen molar-refractivity contribution in [3.63, 3.8) is 0 Å². The third kappa shape index (κ3) is 2.72. The molecule has 0 radical (unpaired) electrons. The van der Waals surface area contributed by atoms with Crippen molar-refractivity contribution in [2.75, 3.05) is 26.7 Å². The van der Waals surface area contributed by atoms with Gasteiger partial charge in [0.15, 0.2) is 0 Å². The van der Waals surface area contributed by atoms with Crippen LogP contribution in [0.4, 0.5) is 0 Å². The van der Waals surface area contributed by atoms with Gasteiger partial charge in [0.05, 0.1) is 6.04 Å². The van der Waals surface area contributed by atoms with Gasteiger partial charge >= 0.3 is 0 Å². The maximum absolute atomic E-state index is 12.6. The molecule has 1 aromatic rings. The summed E-state index contributed by atoms with van der Waals surface area (Å²) in [5, 5.41) is 6.60. The first-order chi connectivity index (χ1) is 9.78. The zero-order chi connectivity index (χ0) is 13.9. The summed E-state index contributed by atoms with van der Waals surface area (Å²) < 4.78 is 0. The Morgan fingerprint density at radius 3 is 3.00 bits per heavy atom. The van der Waals surface area contributed by atoms with Crippen LogP contribution in [0.5, 0.6) is 0 Å². The predicted octanol–water partition coefficient (Wildman–Crippen LogP) is 0.769. The van der Waals surface area contributed by atoms with Crippen LogP contribution in [0, 0.1) is 5.92 Å². The van der Waals surface area contributed by atoms with Gasteiger partial charge in [0.1, 0.15) is 0 Å². The highest BCUT2D eigenvalue weighted by atomic mass is 16.2. The summed E-state index contributed by atoms with van der Waals surface area (Å²) in [4.78, 5) is 14.6. The van der Waals surface area contributed by atoms with Crippen molar-refractivity contribution < 1.29 is 4.79 Å². The van der Waals surface area contributed by atoms with Crippen LogP contribution in [-0.2, 0) is 17.8 Å². The van der Waals surface area contributed by atoms with Crippen LogP contribution in [0.3, 0.4) is 0 Å². The maximum Gasteiger partial charge on any atom is 0.240 e. The number of carbonyl (C=O) groups is 1.